The third-order valence-electron chi connectivity index (χ3n) is 3.33. The van der Waals surface area contributed by atoms with Crippen LogP contribution in [0.1, 0.15) is 31.2 Å². The quantitative estimate of drug-likeness (QED) is 0.746. The van der Waals surface area contributed by atoms with Gasteiger partial charge in [0.1, 0.15) is 16.5 Å². The van der Waals surface area contributed by atoms with Gasteiger partial charge >= 0.3 is 0 Å². The molecule has 0 saturated heterocycles. The fraction of sp³-hybridized carbons (Fsp3) is 0.312. The smallest absolute Gasteiger partial charge is 0.138 e. The molecule has 0 saturated carbocycles. The summed E-state index contributed by atoms with van der Waals surface area (Å²) in [6.07, 6.45) is 6.84. The number of rotatable bonds is 6. The van der Waals surface area contributed by atoms with Crippen LogP contribution in [0.4, 0.5) is 5.82 Å². The first-order valence-electron chi connectivity index (χ1n) is 7.23. The first-order chi connectivity index (χ1) is 10.4. The molecule has 0 fully saturated rings. The Hall–Kier alpha value is -2.01. The van der Waals surface area contributed by atoms with Gasteiger partial charge in [-0.15, -0.1) is 11.3 Å². The van der Waals surface area contributed by atoms with Crippen molar-refractivity contribution in [1.29, 1.82) is 0 Å². The van der Waals surface area contributed by atoms with Crippen molar-refractivity contribution in [3.8, 4) is 0 Å². The maximum absolute atomic E-state index is 4.69. The second kappa shape index (κ2) is 6.63. The van der Waals surface area contributed by atoms with E-state index >= 15 is 0 Å². The van der Waals surface area contributed by atoms with Gasteiger partial charge in [-0.2, -0.15) is 0 Å². The van der Waals surface area contributed by atoms with E-state index < -0.39 is 0 Å². The standard InChI is InChI=1S/C16H18N4S/c1-2-3-4-14-19-15(13-7-10-21-16(13)20-14)18-11-12-5-8-17-9-6-12/h5-10H,2-4,11H2,1H3,(H,18,19,20). The minimum Gasteiger partial charge on any atom is -0.365 e. The van der Waals surface area contributed by atoms with Crippen molar-refractivity contribution >= 4 is 27.4 Å². The highest BCUT2D eigenvalue weighted by Gasteiger charge is 2.08. The molecule has 0 atom stereocenters. The Kier molecular flexibility index (Phi) is 4.40. The Labute approximate surface area is 128 Å². The van der Waals surface area contributed by atoms with Crippen molar-refractivity contribution in [2.45, 2.75) is 32.7 Å². The minimum atomic E-state index is 0.748. The first-order valence-corrected chi connectivity index (χ1v) is 8.11. The van der Waals surface area contributed by atoms with E-state index in [9.17, 15) is 0 Å². The van der Waals surface area contributed by atoms with E-state index in [0.29, 0.717) is 0 Å². The number of aryl methyl sites for hydroxylation is 1. The number of pyridine rings is 1. The van der Waals surface area contributed by atoms with Gasteiger partial charge in [0.15, 0.2) is 0 Å². The molecule has 0 radical (unpaired) electrons. The number of aromatic nitrogens is 3. The molecule has 0 aliphatic carbocycles. The molecule has 3 heterocycles. The van der Waals surface area contributed by atoms with Crippen molar-refractivity contribution in [1.82, 2.24) is 15.0 Å². The number of hydrogen-bond acceptors (Lipinski definition) is 5. The summed E-state index contributed by atoms with van der Waals surface area (Å²) < 4.78 is 0. The molecule has 0 aromatic carbocycles. The Morgan fingerprint density at radius 2 is 2.00 bits per heavy atom. The van der Waals surface area contributed by atoms with Gasteiger partial charge in [-0.05, 0) is 35.6 Å². The van der Waals surface area contributed by atoms with Crippen LogP contribution in [0.3, 0.4) is 0 Å². The molecule has 0 aliphatic heterocycles. The average Bonchev–Trinajstić information content (AvgIpc) is 3.00. The van der Waals surface area contributed by atoms with Crippen LogP contribution in [0.25, 0.3) is 10.2 Å². The van der Waals surface area contributed by atoms with Crippen molar-refractivity contribution in [3.63, 3.8) is 0 Å². The van der Waals surface area contributed by atoms with Crippen LogP contribution in [0, 0.1) is 0 Å². The van der Waals surface area contributed by atoms with Crippen LogP contribution in [0.5, 0.6) is 0 Å². The van der Waals surface area contributed by atoms with Gasteiger partial charge < -0.3 is 5.32 Å². The number of unbranched alkanes of at least 4 members (excludes halogenated alkanes) is 1. The summed E-state index contributed by atoms with van der Waals surface area (Å²) in [5.41, 5.74) is 1.20. The molecule has 3 rings (SSSR count). The summed E-state index contributed by atoms with van der Waals surface area (Å²) in [5, 5.41) is 6.61. The number of nitrogens with one attached hydrogen (secondary N) is 1. The Morgan fingerprint density at radius 3 is 2.81 bits per heavy atom. The van der Waals surface area contributed by atoms with Crippen LogP contribution in [-0.2, 0) is 13.0 Å². The topological polar surface area (TPSA) is 50.7 Å². The molecule has 5 heteroatoms. The highest BCUT2D eigenvalue weighted by atomic mass is 32.1. The normalized spacial score (nSPS) is 10.9. The molecular formula is C16H18N4S. The number of hydrogen-bond donors (Lipinski definition) is 1. The van der Waals surface area contributed by atoms with Gasteiger partial charge in [-0.25, -0.2) is 9.97 Å². The van der Waals surface area contributed by atoms with Gasteiger partial charge in [-0.3, -0.25) is 4.98 Å². The highest BCUT2D eigenvalue weighted by molar-refractivity contribution is 7.16. The predicted molar refractivity (Wildman–Crippen MR) is 87.6 cm³/mol. The third-order valence-corrected chi connectivity index (χ3v) is 4.14. The number of anilines is 1. The van der Waals surface area contributed by atoms with Crippen molar-refractivity contribution < 1.29 is 0 Å². The van der Waals surface area contributed by atoms with Crippen LogP contribution < -0.4 is 5.32 Å². The van der Waals surface area contributed by atoms with E-state index in [1.165, 1.54) is 5.56 Å². The second-order valence-electron chi connectivity index (χ2n) is 4.94. The zero-order chi connectivity index (χ0) is 14.5. The van der Waals surface area contributed by atoms with E-state index in [1.807, 2.05) is 24.5 Å². The number of nitrogens with zero attached hydrogens (tertiary/aromatic N) is 3. The molecule has 0 aliphatic rings. The molecule has 3 aromatic heterocycles. The molecule has 0 amide bonds. The van der Waals surface area contributed by atoms with E-state index in [0.717, 1.165) is 47.7 Å². The summed E-state index contributed by atoms with van der Waals surface area (Å²) in [6.45, 7) is 2.93. The number of thiophene rings is 1. The highest BCUT2D eigenvalue weighted by Crippen LogP contribution is 2.25. The van der Waals surface area contributed by atoms with Gasteiger partial charge in [0.05, 0.1) is 5.39 Å². The molecular weight excluding hydrogens is 280 g/mol. The molecule has 0 bridgehead atoms. The second-order valence-corrected chi connectivity index (χ2v) is 5.84. The molecule has 0 spiro atoms. The summed E-state index contributed by atoms with van der Waals surface area (Å²) in [7, 11) is 0. The first kappa shape index (κ1) is 13.9. The summed E-state index contributed by atoms with van der Waals surface area (Å²) in [5.74, 6) is 1.87. The zero-order valence-electron chi connectivity index (χ0n) is 12.0. The maximum Gasteiger partial charge on any atom is 0.138 e. The summed E-state index contributed by atoms with van der Waals surface area (Å²) >= 11 is 1.67. The molecule has 1 N–H and O–H groups in total. The molecule has 0 unspecified atom stereocenters. The molecule has 21 heavy (non-hydrogen) atoms. The molecule has 3 aromatic rings. The van der Waals surface area contributed by atoms with E-state index in [-0.39, 0.29) is 0 Å². The third kappa shape index (κ3) is 3.36. The molecule has 4 nitrogen and oxygen atoms in total. The Balaban J connectivity index is 1.83. The van der Waals surface area contributed by atoms with Crippen LogP contribution in [0.2, 0.25) is 0 Å². The monoisotopic (exact) mass is 298 g/mol. The van der Waals surface area contributed by atoms with E-state index in [2.05, 4.69) is 33.7 Å². The Morgan fingerprint density at radius 1 is 1.14 bits per heavy atom. The zero-order valence-corrected chi connectivity index (χ0v) is 12.9. The van der Waals surface area contributed by atoms with Gasteiger partial charge in [0, 0.05) is 25.4 Å². The lowest BCUT2D eigenvalue weighted by molar-refractivity contribution is 0.757. The van der Waals surface area contributed by atoms with Gasteiger partial charge in [-0.1, -0.05) is 13.3 Å². The maximum atomic E-state index is 4.69. The van der Waals surface area contributed by atoms with Gasteiger partial charge in [0.25, 0.3) is 0 Å². The fourth-order valence-electron chi connectivity index (χ4n) is 2.17. The van der Waals surface area contributed by atoms with Crippen molar-refractivity contribution in [3.05, 3.63) is 47.4 Å². The largest absolute Gasteiger partial charge is 0.365 e. The molecule has 108 valence electrons. The van der Waals surface area contributed by atoms with Crippen LogP contribution >= 0.6 is 11.3 Å². The van der Waals surface area contributed by atoms with Crippen molar-refractivity contribution in [2.75, 3.05) is 5.32 Å². The van der Waals surface area contributed by atoms with Crippen LogP contribution in [-0.4, -0.2) is 15.0 Å². The average molecular weight is 298 g/mol. The summed E-state index contributed by atoms with van der Waals surface area (Å²) in [4.78, 5) is 14.4. The SMILES string of the molecule is CCCCc1nc(NCc2ccncc2)c2ccsc2n1. The van der Waals surface area contributed by atoms with Crippen molar-refractivity contribution in [2.24, 2.45) is 0 Å². The van der Waals surface area contributed by atoms with E-state index in [4.69, 9.17) is 4.98 Å². The minimum absolute atomic E-state index is 0.748. The van der Waals surface area contributed by atoms with E-state index in [1.54, 1.807) is 11.3 Å². The summed E-state index contributed by atoms with van der Waals surface area (Å²) in [6, 6.07) is 6.10. The van der Waals surface area contributed by atoms with Crippen LogP contribution in [0.15, 0.2) is 36.0 Å². The number of fused-ring (bicyclic) bond motifs is 1. The lowest BCUT2D eigenvalue weighted by Gasteiger charge is -2.09. The van der Waals surface area contributed by atoms with Gasteiger partial charge in [0.2, 0.25) is 0 Å². The lowest BCUT2D eigenvalue weighted by Crippen LogP contribution is -2.05. The predicted octanol–water partition coefficient (Wildman–Crippen LogP) is 4.04. The fourth-order valence-corrected chi connectivity index (χ4v) is 2.95. The lowest BCUT2D eigenvalue weighted by atomic mass is 10.2. The Bertz CT molecular complexity index is 709.